The number of H-pyrrole nitrogens is 1. The lowest BCUT2D eigenvalue weighted by molar-refractivity contribution is 0.0893. The van der Waals surface area contributed by atoms with Gasteiger partial charge in [0.05, 0.1) is 32.9 Å². The third kappa shape index (κ3) is 6.44. The lowest BCUT2D eigenvalue weighted by Gasteiger charge is -2.30. The van der Waals surface area contributed by atoms with E-state index in [1.54, 1.807) is 14.2 Å². The zero-order valence-corrected chi connectivity index (χ0v) is 24.6. The summed E-state index contributed by atoms with van der Waals surface area (Å²) in [6, 6.07) is 12.1. The fourth-order valence-corrected chi connectivity index (χ4v) is 5.68. The van der Waals surface area contributed by atoms with E-state index in [1.807, 2.05) is 28.9 Å². The van der Waals surface area contributed by atoms with Crippen LogP contribution in [0.5, 0.6) is 11.5 Å². The molecule has 0 spiro atoms. The molecule has 5 rings (SSSR count). The van der Waals surface area contributed by atoms with Crippen LogP contribution >= 0.6 is 0 Å². The molecule has 0 amide bonds. The monoisotopic (exact) mass is 560 g/mol. The topological polar surface area (TPSA) is 107 Å². The summed E-state index contributed by atoms with van der Waals surface area (Å²) in [5.74, 6) is 2.18. The molecule has 2 aromatic carbocycles. The van der Waals surface area contributed by atoms with E-state index in [1.165, 1.54) is 5.56 Å². The molecule has 1 aliphatic heterocycles. The van der Waals surface area contributed by atoms with Gasteiger partial charge in [-0.1, -0.05) is 13.0 Å². The maximum Gasteiger partial charge on any atom is 0.252 e. The number of methoxy groups -OCH3 is 2. The van der Waals surface area contributed by atoms with Gasteiger partial charge in [0.25, 0.3) is 5.56 Å². The van der Waals surface area contributed by atoms with E-state index >= 15 is 0 Å². The highest BCUT2D eigenvalue weighted by Crippen LogP contribution is 2.30. The Morgan fingerprint density at radius 1 is 1.12 bits per heavy atom. The number of fused-ring (bicyclic) bond motifs is 1. The van der Waals surface area contributed by atoms with E-state index in [2.05, 4.69) is 58.3 Å². The highest BCUT2D eigenvalue weighted by atomic mass is 16.5. The van der Waals surface area contributed by atoms with Gasteiger partial charge in [-0.3, -0.25) is 9.69 Å². The van der Waals surface area contributed by atoms with Crippen LogP contribution < -0.4 is 15.0 Å². The standard InChI is InChI=1S/C31H40N6O4/c1-6-27(30-33-34-35-37(30)19-25-8-7-13-41-25)36(12-11-22-9-10-28(39-4)29(16-22)40-5)18-24-17-23-14-20(2)21(3)15-26(23)32-31(24)38/h9-10,14-17,25,27H,6-8,11-13,18-19H2,1-5H3,(H,32,38)/t25-,27-/m1/s1. The number of hydrogen-bond acceptors (Lipinski definition) is 8. The summed E-state index contributed by atoms with van der Waals surface area (Å²) in [6.45, 7) is 8.83. The lowest BCUT2D eigenvalue weighted by Crippen LogP contribution is -2.34. The normalized spacial score (nSPS) is 16.0. The number of nitrogens with one attached hydrogen (secondary N) is 1. The molecule has 2 aromatic heterocycles. The van der Waals surface area contributed by atoms with Crippen molar-refractivity contribution in [3.05, 3.63) is 74.8 Å². The molecule has 0 saturated carbocycles. The number of aromatic amines is 1. The zero-order chi connectivity index (χ0) is 28.9. The van der Waals surface area contributed by atoms with Crippen LogP contribution in [0.4, 0.5) is 0 Å². The van der Waals surface area contributed by atoms with E-state index < -0.39 is 0 Å². The zero-order valence-electron chi connectivity index (χ0n) is 24.6. The molecule has 1 N–H and O–H groups in total. The predicted octanol–water partition coefficient (Wildman–Crippen LogP) is 4.52. The Bertz CT molecular complexity index is 1540. The molecule has 4 aromatic rings. The Balaban J connectivity index is 1.48. The summed E-state index contributed by atoms with van der Waals surface area (Å²) in [4.78, 5) is 18.7. The number of benzene rings is 2. The van der Waals surface area contributed by atoms with Crippen LogP contribution in [0.2, 0.25) is 0 Å². The molecule has 41 heavy (non-hydrogen) atoms. The predicted molar refractivity (Wildman–Crippen MR) is 158 cm³/mol. The second-order valence-corrected chi connectivity index (χ2v) is 10.8. The van der Waals surface area contributed by atoms with Gasteiger partial charge in [-0.25, -0.2) is 4.68 Å². The highest BCUT2D eigenvalue weighted by Gasteiger charge is 2.28. The molecule has 3 heterocycles. The van der Waals surface area contributed by atoms with Crippen LogP contribution in [0, 0.1) is 13.8 Å². The van der Waals surface area contributed by atoms with Crippen LogP contribution in [-0.4, -0.2) is 63.6 Å². The van der Waals surface area contributed by atoms with Crippen LogP contribution in [0.1, 0.15) is 60.3 Å². The van der Waals surface area contributed by atoms with Gasteiger partial charge in [-0.2, -0.15) is 0 Å². The first kappa shape index (κ1) is 28.8. The molecular formula is C31H40N6O4. The first-order valence-corrected chi connectivity index (χ1v) is 14.4. The van der Waals surface area contributed by atoms with Crippen molar-refractivity contribution in [2.75, 3.05) is 27.4 Å². The molecule has 0 aliphatic carbocycles. The van der Waals surface area contributed by atoms with Gasteiger partial charge in [0, 0.05) is 30.8 Å². The average molecular weight is 561 g/mol. The van der Waals surface area contributed by atoms with Crippen LogP contribution in [0.3, 0.4) is 0 Å². The van der Waals surface area contributed by atoms with Crippen LogP contribution in [0.15, 0.2) is 41.2 Å². The van der Waals surface area contributed by atoms with Gasteiger partial charge in [0.15, 0.2) is 17.3 Å². The van der Waals surface area contributed by atoms with E-state index in [0.29, 0.717) is 36.7 Å². The van der Waals surface area contributed by atoms with Crippen molar-refractivity contribution >= 4 is 10.9 Å². The first-order chi connectivity index (χ1) is 19.9. The number of rotatable bonds is 12. The van der Waals surface area contributed by atoms with Gasteiger partial charge >= 0.3 is 0 Å². The van der Waals surface area contributed by atoms with E-state index in [-0.39, 0.29) is 17.7 Å². The first-order valence-electron chi connectivity index (χ1n) is 14.4. The molecule has 0 bridgehead atoms. The molecule has 0 radical (unpaired) electrons. The molecule has 10 heteroatoms. The van der Waals surface area contributed by atoms with Gasteiger partial charge in [-0.15, -0.1) is 5.10 Å². The number of aryl methyl sites for hydroxylation is 2. The van der Waals surface area contributed by atoms with Crippen molar-refractivity contribution in [3.63, 3.8) is 0 Å². The number of pyridine rings is 1. The van der Waals surface area contributed by atoms with Crippen LogP contribution in [0.25, 0.3) is 10.9 Å². The number of hydrogen-bond donors (Lipinski definition) is 1. The molecule has 1 fully saturated rings. The van der Waals surface area contributed by atoms with E-state index in [4.69, 9.17) is 14.2 Å². The van der Waals surface area contributed by atoms with E-state index in [9.17, 15) is 4.79 Å². The average Bonchev–Trinajstić information content (AvgIpc) is 3.66. The minimum atomic E-state index is -0.0959. The molecule has 218 valence electrons. The smallest absolute Gasteiger partial charge is 0.252 e. The minimum Gasteiger partial charge on any atom is -0.493 e. The molecule has 10 nitrogen and oxygen atoms in total. The quantitative estimate of drug-likeness (QED) is 0.270. The van der Waals surface area contributed by atoms with Crippen molar-refractivity contribution in [2.45, 2.75) is 71.7 Å². The van der Waals surface area contributed by atoms with Crippen LogP contribution in [-0.2, 0) is 24.2 Å². The third-order valence-corrected chi connectivity index (χ3v) is 8.13. The Labute approximate surface area is 240 Å². The SMILES string of the molecule is CC[C@H](c1nnnn1C[C@H]1CCCO1)N(CCc1ccc(OC)c(OC)c1)Cc1cc2cc(C)c(C)cc2[nH]c1=O. The van der Waals surface area contributed by atoms with Crippen molar-refractivity contribution in [3.8, 4) is 11.5 Å². The number of ether oxygens (including phenoxy) is 3. The van der Waals surface area contributed by atoms with Gasteiger partial charge in [0.2, 0.25) is 0 Å². The minimum absolute atomic E-state index is 0.0781. The fraction of sp³-hybridized carbons (Fsp3) is 0.484. The molecule has 0 unspecified atom stereocenters. The second kappa shape index (κ2) is 12.8. The van der Waals surface area contributed by atoms with Gasteiger partial charge in [-0.05, 0) is 102 Å². The van der Waals surface area contributed by atoms with E-state index in [0.717, 1.165) is 60.1 Å². The maximum atomic E-state index is 13.3. The Morgan fingerprint density at radius 3 is 2.66 bits per heavy atom. The highest BCUT2D eigenvalue weighted by molar-refractivity contribution is 5.80. The number of tetrazole rings is 1. The summed E-state index contributed by atoms with van der Waals surface area (Å²) >= 11 is 0. The Hall–Kier alpha value is -3.76. The number of aromatic nitrogens is 5. The molecular weight excluding hydrogens is 520 g/mol. The lowest BCUT2D eigenvalue weighted by atomic mass is 10.0. The molecule has 2 atom stereocenters. The van der Waals surface area contributed by atoms with Gasteiger partial charge < -0.3 is 19.2 Å². The summed E-state index contributed by atoms with van der Waals surface area (Å²) in [7, 11) is 3.28. The third-order valence-electron chi connectivity index (χ3n) is 8.13. The van der Waals surface area contributed by atoms with Crippen molar-refractivity contribution < 1.29 is 14.2 Å². The summed E-state index contributed by atoms with van der Waals surface area (Å²) in [6.07, 6.45) is 3.70. The van der Waals surface area contributed by atoms with Crippen molar-refractivity contribution in [2.24, 2.45) is 0 Å². The fourth-order valence-electron chi connectivity index (χ4n) is 5.68. The molecule has 1 saturated heterocycles. The maximum absolute atomic E-state index is 13.3. The Kier molecular flexibility index (Phi) is 8.99. The largest absolute Gasteiger partial charge is 0.493 e. The summed E-state index contributed by atoms with van der Waals surface area (Å²) < 4.78 is 18.7. The molecule has 1 aliphatic rings. The van der Waals surface area contributed by atoms with Crippen molar-refractivity contribution in [1.82, 2.24) is 30.1 Å². The number of nitrogens with zero attached hydrogens (tertiary/aromatic N) is 5. The summed E-state index contributed by atoms with van der Waals surface area (Å²) in [5.41, 5.74) is 4.95. The van der Waals surface area contributed by atoms with Crippen molar-refractivity contribution in [1.29, 1.82) is 0 Å². The summed E-state index contributed by atoms with van der Waals surface area (Å²) in [5, 5.41) is 13.9. The second-order valence-electron chi connectivity index (χ2n) is 10.8. The Morgan fingerprint density at radius 2 is 1.93 bits per heavy atom. The van der Waals surface area contributed by atoms with Gasteiger partial charge in [0.1, 0.15) is 0 Å².